The first-order chi connectivity index (χ1) is 25.3. The number of allylic oxidation sites excluding steroid dienone is 1. The summed E-state index contributed by atoms with van der Waals surface area (Å²) in [5.74, 6) is 2.41. The lowest BCUT2D eigenvalue weighted by Crippen LogP contribution is -2.09. The topological polar surface area (TPSA) is 40.6 Å². The lowest BCUT2D eigenvalue weighted by molar-refractivity contribution is 0.864. The molecule has 0 N–H and O–H groups in total. The fraction of sp³-hybridized carbons (Fsp3) is 0.0435. The van der Waals surface area contributed by atoms with E-state index < -0.39 is 0 Å². The van der Waals surface area contributed by atoms with Gasteiger partial charge in [0, 0.05) is 55.5 Å². The summed E-state index contributed by atoms with van der Waals surface area (Å²) in [6, 6.07) is 54.1. The first kappa shape index (κ1) is 28.2. The van der Waals surface area contributed by atoms with Crippen molar-refractivity contribution >= 4 is 60.6 Å². The lowest BCUT2D eigenvalue weighted by atomic mass is 10.0. The van der Waals surface area contributed by atoms with Gasteiger partial charge in [-0.05, 0) is 67.4 Å². The van der Waals surface area contributed by atoms with Gasteiger partial charge in [0.15, 0.2) is 5.82 Å². The lowest BCUT2D eigenvalue weighted by Gasteiger charge is -2.16. The second-order valence-corrected chi connectivity index (χ2v) is 13.3. The molecule has 1 aliphatic rings. The quantitative estimate of drug-likeness (QED) is 0.190. The highest BCUT2D eigenvalue weighted by Gasteiger charge is 2.22. The number of aromatic nitrogens is 5. The standard InChI is InChI=1S/C46H31N5/c1-7-19-38-32(13-1)33-14-2-8-20-39(33)49(38)31-27-25-30(26-28-31)46-47-44(50-40-21-9-3-15-34(40)35-16-4-10-22-41(35)50)29-45(48-46)51-42-23-11-5-17-36(42)37-18-6-12-24-43(37)51/h1-11,13-23,25-29H,12,24H2. The van der Waals surface area contributed by atoms with Gasteiger partial charge in [0.2, 0.25) is 0 Å². The van der Waals surface area contributed by atoms with Gasteiger partial charge in [0.1, 0.15) is 11.6 Å². The summed E-state index contributed by atoms with van der Waals surface area (Å²) in [6.07, 6.45) is 6.52. The largest absolute Gasteiger partial charge is 0.309 e. The highest BCUT2D eigenvalue weighted by molar-refractivity contribution is 6.10. The maximum absolute atomic E-state index is 5.37. The van der Waals surface area contributed by atoms with Crippen LogP contribution in [0, 0.1) is 0 Å². The third-order valence-electron chi connectivity index (χ3n) is 10.5. The normalized spacial score (nSPS) is 12.9. The van der Waals surface area contributed by atoms with Crippen LogP contribution in [0.3, 0.4) is 0 Å². The Hall–Kier alpha value is -6.72. The smallest absolute Gasteiger partial charge is 0.163 e. The highest BCUT2D eigenvalue weighted by Crippen LogP contribution is 2.37. The number of rotatable bonds is 4. The Labute approximate surface area is 294 Å². The molecule has 5 nitrogen and oxygen atoms in total. The van der Waals surface area contributed by atoms with Crippen molar-refractivity contribution in [2.24, 2.45) is 0 Å². The number of hydrogen-bond acceptors (Lipinski definition) is 2. The van der Waals surface area contributed by atoms with Gasteiger partial charge in [-0.15, -0.1) is 0 Å². The summed E-state index contributed by atoms with van der Waals surface area (Å²) in [7, 11) is 0. The van der Waals surface area contributed by atoms with Crippen molar-refractivity contribution in [3.8, 4) is 28.7 Å². The Bertz CT molecular complexity index is 2920. The molecule has 0 atom stereocenters. The maximum Gasteiger partial charge on any atom is 0.163 e. The molecule has 4 heterocycles. The molecule has 5 heteroatoms. The molecule has 4 aromatic heterocycles. The van der Waals surface area contributed by atoms with Crippen LogP contribution in [0.2, 0.25) is 0 Å². The van der Waals surface area contributed by atoms with Crippen LogP contribution < -0.4 is 0 Å². The second-order valence-electron chi connectivity index (χ2n) is 13.3. The van der Waals surface area contributed by atoms with Crippen LogP contribution in [0.25, 0.3) is 89.3 Å². The van der Waals surface area contributed by atoms with E-state index in [9.17, 15) is 0 Å². The molecule has 51 heavy (non-hydrogen) atoms. The van der Waals surface area contributed by atoms with E-state index in [2.05, 4.69) is 178 Å². The Morgan fingerprint density at radius 2 is 0.882 bits per heavy atom. The van der Waals surface area contributed by atoms with Crippen molar-refractivity contribution < 1.29 is 0 Å². The molecule has 1 aliphatic carbocycles. The summed E-state index contributed by atoms with van der Waals surface area (Å²) in [6.45, 7) is 0. The number of para-hydroxylation sites is 5. The van der Waals surface area contributed by atoms with Crippen LogP contribution >= 0.6 is 0 Å². The fourth-order valence-corrected chi connectivity index (χ4v) is 8.34. The van der Waals surface area contributed by atoms with Gasteiger partial charge >= 0.3 is 0 Å². The summed E-state index contributed by atoms with van der Waals surface area (Å²) in [5, 5.41) is 6.17. The Morgan fingerprint density at radius 1 is 0.431 bits per heavy atom. The number of hydrogen-bond donors (Lipinski definition) is 0. The molecular formula is C46H31N5. The number of benzene rings is 6. The van der Waals surface area contributed by atoms with Crippen LogP contribution in [0.4, 0.5) is 0 Å². The summed E-state index contributed by atoms with van der Waals surface area (Å²) >= 11 is 0. The average molecular weight is 654 g/mol. The van der Waals surface area contributed by atoms with Gasteiger partial charge in [-0.2, -0.15) is 0 Å². The van der Waals surface area contributed by atoms with Crippen molar-refractivity contribution in [3.05, 3.63) is 169 Å². The Kier molecular flexibility index (Phi) is 6.01. The van der Waals surface area contributed by atoms with Crippen molar-refractivity contribution in [1.82, 2.24) is 23.7 Å². The Balaban J connectivity index is 1.16. The molecule has 0 saturated heterocycles. The van der Waals surface area contributed by atoms with Crippen LogP contribution in [0.5, 0.6) is 0 Å². The van der Waals surface area contributed by atoms with Gasteiger partial charge < -0.3 is 4.57 Å². The molecule has 0 amide bonds. The van der Waals surface area contributed by atoms with Crippen molar-refractivity contribution in [1.29, 1.82) is 0 Å². The molecule has 0 unspecified atom stereocenters. The monoisotopic (exact) mass is 653 g/mol. The fourth-order valence-electron chi connectivity index (χ4n) is 8.34. The van der Waals surface area contributed by atoms with Crippen LogP contribution in [0.1, 0.15) is 17.7 Å². The average Bonchev–Trinajstić information content (AvgIpc) is 3.84. The van der Waals surface area contributed by atoms with Gasteiger partial charge in [0.25, 0.3) is 0 Å². The summed E-state index contributed by atoms with van der Waals surface area (Å²) in [4.78, 5) is 10.7. The molecule has 0 saturated carbocycles. The molecule has 0 bridgehead atoms. The van der Waals surface area contributed by atoms with E-state index in [4.69, 9.17) is 9.97 Å². The molecule has 0 aliphatic heterocycles. The molecule has 0 spiro atoms. The molecule has 0 radical (unpaired) electrons. The van der Waals surface area contributed by atoms with E-state index >= 15 is 0 Å². The Morgan fingerprint density at radius 3 is 1.43 bits per heavy atom. The van der Waals surface area contributed by atoms with E-state index in [0.29, 0.717) is 5.82 Å². The zero-order valence-electron chi connectivity index (χ0n) is 27.7. The third-order valence-corrected chi connectivity index (χ3v) is 10.5. The SMILES string of the molecule is C1=Cc2c(n(-c3cc(-n4c5ccccc5c5ccccc54)nc(-c4ccc(-n5c6ccccc6c6ccccc65)cc4)n3)c3ccccc23)CC1. The second kappa shape index (κ2) is 10.9. The maximum atomic E-state index is 5.37. The van der Waals surface area contributed by atoms with Crippen LogP contribution in [0.15, 0.2) is 158 Å². The van der Waals surface area contributed by atoms with E-state index in [1.807, 2.05) is 0 Å². The summed E-state index contributed by atoms with van der Waals surface area (Å²) < 4.78 is 7.01. The molecule has 6 aromatic carbocycles. The minimum atomic E-state index is 0.691. The molecular weight excluding hydrogens is 623 g/mol. The van der Waals surface area contributed by atoms with Gasteiger partial charge in [-0.1, -0.05) is 103 Å². The predicted octanol–water partition coefficient (Wildman–Crippen LogP) is 11.2. The van der Waals surface area contributed by atoms with Crippen LogP contribution in [-0.4, -0.2) is 23.7 Å². The van der Waals surface area contributed by atoms with Crippen molar-refractivity contribution in [3.63, 3.8) is 0 Å². The minimum absolute atomic E-state index is 0.691. The van der Waals surface area contributed by atoms with Gasteiger partial charge in [-0.3, -0.25) is 9.13 Å². The van der Waals surface area contributed by atoms with E-state index in [-0.39, 0.29) is 0 Å². The summed E-state index contributed by atoms with van der Waals surface area (Å²) in [5.41, 5.74) is 10.4. The molecule has 0 fully saturated rings. The minimum Gasteiger partial charge on any atom is -0.309 e. The van der Waals surface area contributed by atoms with Gasteiger partial charge in [0.05, 0.1) is 27.6 Å². The zero-order chi connectivity index (χ0) is 33.5. The van der Waals surface area contributed by atoms with Crippen molar-refractivity contribution in [2.45, 2.75) is 12.8 Å². The predicted molar refractivity (Wildman–Crippen MR) is 210 cm³/mol. The first-order valence-corrected chi connectivity index (χ1v) is 17.6. The highest BCUT2D eigenvalue weighted by atomic mass is 15.1. The first-order valence-electron chi connectivity index (χ1n) is 17.6. The van der Waals surface area contributed by atoms with Crippen molar-refractivity contribution in [2.75, 3.05) is 0 Å². The van der Waals surface area contributed by atoms with Crippen LogP contribution in [-0.2, 0) is 6.42 Å². The number of nitrogens with zero attached hydrogens (tertiary/aromatic N) is 5. The number of fused-ring (bicyclic) bond motifs is 9. The van der Waals surface area contributed by atoms with E-state index in [1.54, 1.807) is 0 Å². The molecule has 240 valence electrons. The van der Waals surface area contributed by atoms with Gasteiger partial charge in [-0.25, -0.2) is 9.97 Å². The zero-order valence-corrected chi connectivity index (χ0v) is 27.7. The molecule has 10 aromatic rings. The molecule has 11 rings (SSSR count). The van der Waals surface area contributed by atoms with E-state index in [0.717, 1.165) is 52.3 Å². The van der Waals surface area contributed by atoms with E-state index in [1.165, 1.54) is 49.2 Å². The third kappa shape index (κ3) is 4.15.